The second-order valence-corrected chi connectivity index (χ2v) is 4.46. The third kappa shape index (κ3) is 2.92. The second-order valence-electron chi connectivity index (χ2n) is 2.69. The molecule has 0 fully saturated rings. The van der Waals surface area contributed by atoms with Gasteiger partial charge in [0.05, 0.1) is 0 Å². The Morgan fingerprint density at radius 3 is 2.20 bits per heavy atom. The maximum atomic E-state index is 11.2. The van der Waals surface area contributed by atoms with Crippen molar-refractivity contribution in [2.45, 2.75) is 5.25 Å². The first kappa shape index (κ1) is 12.9. The van der Waals surface area contributed by atoms with Crippen LogP contribution in [-0.2, 0) is 4.79 Å². The van der Waals surface area contributed by atoms with Gasteiger partial charge in [-0.05, 0) is 12.1 Å². The summed E-state index contributed by atoms with van der Waals surface area (Å²) in [6, 6.07) is 2.97. The number of thiol groups is 1. The number of halogens is 3. The van der Waals surface area contributed by atoms with Gasteiger partial charge in [0.15, 0.2) is 0 Å². The molecule has 1 aromatic carbocycles. The molecule has 0 saturated heterocycles. The van der Waals surface area contributed by atoms with Crippen LogP contribution >= 0.6 is 47.4 Å². The Kier molecular flexibility index (Phi) is 4.55. The molecule has 7 heteroatoms. The van der Waals surface area contributed by atoms with Crippen LogP contribution in [-0.4, -0.2) is 5.91 Å². The summed E-state index contributed by atoms with van der Waals surface area (Å²) in [5.74, 6) is 4.48. The van der Waals surface area contributed by atoms with Gasteiger partial charge in [0.2, 0.25) is 0 Å². The lowest BCUT2D eigenvalue weighted by atomic mass is 10.1. The summed E-state index contributed by atoms with van der Waals surface area (Å²) in [4.78, 5) is 11.2. The monoisotopic (exact) mass is 284 g/mol. The van der Waals surface area contributed by atoms with E-state index < -0.39 is 11.2 Å². The van der Waals surface area contributed by atoms with E-state index in [-0.39, 0.29) is 10.0 Å². The van der Waals surface area contributed by atoms with Crippen molar-refractivity contribution in [2.75, 3.05) is 0 Å². The molecule has 3 nitrogen and oxygen atoms in total. The van der Waals surface area contributed by atoms with Crippen LogP contribution < -0.4 is 11.3 Å². The van der Waals surface area contributed by atoms with Crippen molar-refractivity contribution in [2.24, 2.45) is 5.84 Å². The predicted octanol–water partition coefficient (Wildman–Crippen LogP) is 2.61. The zero-order valence-corrected chi connectivity index (χ0v) is 10.5. The summed E-state index contributed by atoms with van der Waals surface area (Å²) >= 11 is 21.6. The zero-order chi connectivity index (χ0) is 11.6. The Morgan fingerprint density at radius 2 is 1.80 bits per heavy atom. The molecule has 0 aliphatic heterocycles. The summed E-state index contributed by atoms with van der Waals surface area (Å²) in [7, 11) is 0. The maximum absolute atomic E-state index is 11.2. The molecule has 3 N–H and O–H groups in total. The van der Waals surface area contributed by atoms with E-state index in [2.05, 4.69) is 12.6 Å². The predicted molar refractivity (Wildman–Crippen MR) is 65.5 cm³/mol. The van der Waals surface area contributed by atoms with E-state index in [1.807, 2.05) is 5.43 Å². The Labute approximate surface area is 107 Å². The lowest BCUT2D eigenvalue weighted by Gasteiger charge is -2.13. The number of amides is 1. The fraction of sp³-hybridized carbons (Fsp3) is 0.125. The summed E-state index contributed by atoms with van der Waals surface area (Å²) in [5.41, 5.74) is 2.35. The minimum atomic E-state index is -0.827. The minimum absolute atomic E-state index is 0.274. The van der Waals surface area contributed by atoms with Crippen molar-refractivity contribution in [1.82, 2.24) is 5.43 Å². The van der Waals surface area contributed by atoms with Gasteiger partial charge in [0.1, 0.15) is 5.25 Å². The molecular formula is C8H7Cl3N2OS. The number of rotatable bonds is 2. The van der Waals surface area contributed by atoms with E-state index in [9.17, 15) is 4.79 Å². The first-order valence-corrected chi connectivity index (χ1v) is 5.45. The molecule has 1 aromatic rings. The van der Waals surface area contributed by atoms with Gasteiger partial charge in [-0.25, -0.2) is 5.84 Å². The molecule has 1 rings (SSSR count). The topological polar surface area (TPSA) is 55.1 Å². The number of hydrogen-bond acceptors (Lipinski definition) is 3. The average Bonchev–Trinajstić information content (AvgIpc) is 2.14. The third-order valence-electron chi connectivity index (χ3n) is 1.71. The van der Waals surface area contributed by atoms with Gasteiger partial charge in [-0.2, -0.15) is 12.6 Å². The number of benzene rings is 1. The van der Waals surface area contributed by atoms with E-state index in [0.717, 1.165) is 0 Å². The number of hydrogen-bond donors (Lipinski definition) is 3. The molecular weight excluding hydrogens is 279 g/mol. The molecule has 0 aliphatic rings. The van der Waals surface area contributed by atoms with E-state index in [0.29, 0.717) is 10.6 Å². The molecule has 1 atom stereocenters. The number of hydrazine groups is 1. The van der Waals surface area contributed by atoms with Gasteiger partial charge < -0.3 is 0 Å². The molecule has 0 bridgehead atoms. The molecule has 82 valence electrons. The summed E-state index contributed by atoms with van der Waals surface area (Å²) in [5, 5.41) is 0.113. The van der Waals surface area contributed by atoms with Crippen LogP contribution in [0.1, 0.15) is 10.8 Å². The van der Waals surface area contributed by atoms with Gasteiger partial charge in [0.25, 0.3) is 5.91 Å². The molecule has 0 aliphatic carbocycles. The SMILES string of the molecule is NNC(=O)C(S)c1c(Cl)cc(Cl)cc1Cl. The Morgan fingerprint density at radius 1 is 1.33 bits per heavy atom. The third-order valence-corrected chi connectivity index (χ3v) is 3.04. The van der Waals surface area contributed by atoms with Crippen molar-refractivity contribution < 1.29 is 4.79 Å². The lowest BCUT2D eigenvalue weighted by Crippen LogP contribution is -2.33. The highest BCUT2D eigenvalue weighted by molar-refractivity contribution is 7.81. The Bertz CT molecular complexity index is 376. The zero-order valence-electron chi connectivity index (χ0n) is 7.30. The minimum Gasteiger partial charge on any atom is -0.293 e. The highest BCUT2D eigenvalue weighted by Crippen LogP contribution is 2.36. The summed E-state index contributed by atoms with van der Waals surface area (Å²) < 4.78 is 0. The van der Waals surface area contributed by atoms with Crippen molar-refractivity contribution in [3.63, 3.8) is 0 Å². The molecule has 0 spiro atoms. The van der Waals surface area contributed by atoms with Gasteiger partial charge >= 0.3 is 0 Å². The van der Waals surface area contributed by atoms with Crippen LogP contribution in [0.2, 0.25) is 15.1 Å². The number of carbonyl (C=O) groups excluding carboxylic acids is 1. The average molecular weight is 286 g/mol. The van der Waals surface area contributed by atoms with Crippen LogP contribution in [0.3, 0.4) is 0 Å². The van der Waals surface area contributed by atoms with Gasteiger partial charge in [-0.15, -0.1) is 0 Å². The van der Waals surface area contributed by atoms with Crippen LogP contribution in [0.15, 0.2) is 12.1 Å². The number of nitrogens with one attached hydrogen (secondary N) is 1. The molecule has 0 radical (unpaired) electrons. The number of nitrogens with two attached hydrogens (primary N) is 1. The lowest BCUT2D eigenvalue weighted by molar-refractivity contribution is -0.120. The Hall–Kier alpha value is -0.130. The first-order valence-electron chi connectivity index (χ1n) is 3.80. The highest BCUT2D eigenvalue weighted by Gasteiger charge is 2.21. The standard InChI is InChI=1S/C8H7Cl3N2OS/c9-3-1-4(10)6(5(11)2-3)7(15)8(14)13-12/h1-2,7,15H,12H2,(H,13,14). The quantitative estimate of drug-likeness (QED) is 0.339. The van der Waals surface area contributed by atoms with E-state index in [1.54, 1.807) is 0 Å². The highest BCUT2D eigenvalue weighted by atomic mass is 35.5. The van der Waals surface area contributed by atoms with E-state index in [1.165, 1.54) is 12.1 Å². The van der Waals surface area contributed by atoms with Crippen molar-refractivity contribution in [1.29, 1.82) is 0 Å². The van der Waals surface area contributed by atoms with Crippen LogP contribution in [0.4, 0.5) is 0 Å². The first-order chi connectivity index (χ1) is 6.97. The fourth-order valence-electron chi connectivity index (χ4n) is 1.02. The van der Waals surface area contributed by atoms with Crippen LogP contribution in [0.5, 0.6) is 0 Å². The molecule has 0 heterocycles. The number of carbonyl (C=O) groups is 1. The summed E-state index contributed by atoms with van der Waals surface area (Å²) in [6.45, 7) is 0. The van der Waals surface area contributed by atoms with Gasteiger partial charge in [-0.3, -0.25) is 10.2 Å². The smallest absolute Gasteiger partial charge is 0.251 e. The van der Waals surface area contributed by atoms with Crippen LogP contribution in [0, 0.1) is 0 Å². The second kappa shape index (κ2) is 5.27. The largest absolute Gasteiger partial charge is 0.293 e. The van der Waals surface area contributed by atoms with E-state index in [4.69, 9.17) is 40.6 Å². The fourth-order valence-corrected chi connectivity index (χ4v) is 2.56. The van der Waals surface area contributed by atoms with Crippen molar-refractivity contribution in [3.8, 4) is 0 Å². The summed E-state index contributed by atoms with van der Waals surface area (Å²) in [6.07, 6.45) is 0. The molecule has 0 saturated carbocycles. The normalized spacial score (nSPS) is 12.3. The van der Waals surface area contributed by atoms with Crippen molar-refractivity contribution >= 4 is 53.3 Å². The van der Waals surface area contributed by atoms with Gasteiger partial charge in [-0.1, -0.05) is 34.8 Å². The van der Waals surface area contributed by atoms with Gasteiger partial charge in [0, 0.05) is 20.6 Å². The maximum Gasteiger partial charge on any atom is 0.251 e. The van der Waals surface area contributed by atoms with Crippen molar-refractivity contribution in [3.05, 3.63) is 32.8 Å². The molecule has 1 unspecified atom stereocenters. The van der Waals surface area contributed by atoms with Crippen LogP contribution in [0.25, 0.3) is 0 Å². The van der Waals surface area contributed by atoms with E-state index >= 15 is 0 Å². The Balaban J connectivity index is 3.19. The molecule has 0 aromatic heterocycles. The molecule has 1 amide bonds. The molecule has 15 heavy (non-hydrogen) atoms.